The molecule has 0 aromatic rings. The molecule has 15 heteroatoms. The molecule has 196 valence electrons. The highest BCUT2D eigenvalue weighted by Gasteiger charge is 2.48. The van der Waals surface area contributed by atoms with Crippen LogP contribution in [0.2, 0.25) is 0 Å². The quantitative estimate of drug-likeness (QED) is 0.107. The van der Waals surface area contributed by atoms with Crippen LogP contribution in [0.5, 0.6) is 0 Å². The van der Waals surface area contributed by atoms with Crippen molar-refractivity contribution >= 4 is 51.6 Å². The molecule has 13 nitrogen and oxygen atoms in total. The summed E-state index contributed by atoms with van der Waals surface area (Å²) in [5.41, 5.74) is 0. The van der Waals surface area contributed by atoms with Crippen LogP contribution in [-0.4, -0.2) is 82.6 Å². The van der Waals surface area contributed by atoms with Crippen molar-refractivity contribution in [2.24, 2.45) is 0 Å². The number of hydrogen-bond donors (Lipinski definition) is 4. The molecule has 0 saturated carbocycles. The fourth-order valence-corrected chi connectivity index (χ4v) is 6.47. The number of nitrogens with one attached hydrogen (secondary N) is 3. The Morgan fingerprint density at radius 3 is 2.54 bits per heavy atom. The van der Waals surface area contributed by atoms with Gasteiger partial charge in [-0.05, 0) is 25.7 Å². The van der Waals surface area contributed by atoms with Crippen LogP contribution in [0.3, 0.4) is 0 Å². The molecule has 0 unspecified atom stereocenters. The summed E-state index contributed by atoms with van der Waals surface area (Å²) in [5, 5.41) is 7.20. The lowest BCUT2D eigenvalue weighted by molar-refractivity contribution is -0.197. The SMILES string of the molecule is O=C(CCCC[C@@H]1SC[C@@H]2NC(=O)N[C@H]21)NCCCCCC(=O)ON1C(=O)C[C@@H](S(=O)(=O)O)C1=O. The van der Waals surface area contributed by atoms with Crippen molar-refractivity contribution in [1.82, 2.24) is 21.0 Å². The lowest BCUT2D eigenvalue weighted by atomic mass is 10.0. The van der Waals surface area contributed by atoms with E-state index in [0.717, 1.165) is 25.0 Å². The van der Waals surface area contributed by atoms with Gasteiger partial charge in [-0.2, -0.15) is 20.2 Å². The smallest absolute Gasteiger partial charge is 0.333 e. The molecule has 35 heavy (non-hydrogen) atoms. The topological polar surface area (TPSA) is 188 Å². The predicted molar refractivity (Wildman–Crippen MR) is 123 cm³/mol. The highest BCUT2D eigenvalue weighted by Crippen LogP contribution is 2.33. The minimum absolute atomic E-state index is 0.0448. The zero-order valence-corrected chi connectivity index (χ0v) is 20.7. The lowest BCUT2D eigenvalue weighted by Gasteiger charge is -2.16. The molecular formula is C20H30N4O9S2. The van der Waals surface area contributed by atoms with Gasteiger partial charge in [0.1, 0.15) is 0 Å². The van der Waals surface area contributed by atoms with Crippen molar-refractivity contribution in [2.75, 3.05) is 12.3 Å². The Kier molecular flexibility index (Phi) is 9.35. The van der Waals surface area contributed by atoms with Crippen LogP contribution >= 0.6 is 11.8 Å². The molecule has 0 radical (unpaired) electrons. The van der Waals surface area contributed by atoms with Crippen molar-refractivity contribution in [2.45, 2.75) is 80.4 Å². The molecule has 0 aromatic carbocycles. The van der Waals surface area contributed by atoms with Crippen LogP contribution in [0, 0.1) is 0 Å². The number of carbonyl (C=O) groups excluding carboxylic acids is 5. The number of hydroxylamine groups is 2. The van der Waals surface area contributed by atoms with E-state index in [-0.39, 0.29) is 35.5 Å². The van der Waals surface area contributed by atoms with E-state index < -0.39 is 39.6 Å². The first-order chi connectivity index (χ1) is 16.6. The maximum Gasteiger partial charge on any atom is 0.333 e. The van der Waals surface area contributed by atoms with Gasteiger partial charge in [0.05, 0.1) is 18.5 Å². The summed E-state index contributed by atoms with van der Waals surface area (Å²) in [7, 11) is -4.76. The van der Waals surface area contributed by atoms with E-state index in [0.29, 0.717) is 37.5 Å². The van der Waals surface area contributed by atoms with Crippen LogP contribution in [-0.2, 0) is 34.1 Å². The summed E-state index contributed by atoms with van der Waals surface area (Å²) in [6, 6.07) is 0.265. The van der Waals surface area contributed by atoms with Crippen LogP contribution in [0.25, 0.3) is 0 Å². The molecule has 4 atom stereocenters. The van der Waals surface area contributed by atoms with Gasteiger partial charge in [-0.1, -0.05) is 12.8 Å². The fraction of sp³-hybridized carbons (Fsp3) is 0.750. The number of carbonyl (C=O) groups is 5. The van der Waals surface area contributed by atoms with Crippen LogP contribution in [0.4, 0.5) is 4.79 Å². The van der Waals surface area contributed by atoms with Gasteiger partial charge in [-0.25, -0.2) is 9.59 Å². The molecule has 0 aliphatic carbocycles. The number of imide groups is 1. The normalized spacial score (nSPS) is 25.9. The summed E-state index contributed by atoms with van der Waals surface area (Å²) in [5.74, 6) is -2.30. The molecule has 3 fully saturated rings. The monoisotopic (exact) mass is 534 g/mol. The molecule has 0 aromatic heterocycles. The molecule has 3 aliphatic heterocycles. The van der Waals surface area contributed by atoms with E-state index in [1.165, 1.54) is 0 Å². The van der Waals surface area contributed by atoms with Crippen LogP contribution in [0.15, 0.2) is 0 Å². The summed E-state index contributed by atoms with van der Waals surface area (Å²) in [6.07, 6.45) is 3.76. The van der Waals surface area contributed by atoms with Gasteiger partial charge in [-0.3, -0.25) is 18.9 Å². The molecule has 0 bridgehead atoms. The molecule has 0 spiro atoms. The number of rotatable bonds is 13. The second kappa shape index (κ2) is 12.0. The second-order valence-corrected chi connectivity index (χ2v) is 11.6. The van der Waals surface area contributed by atoms with Crippen molar-refractivity contribution in [3.05, 3.63) is 0 Å². The number of thioether (sulfide) groups is 1. The molecule has 3 aliphatic rings. The Balaban J connectivity index is 1.19. The van der Waals surface area contributed by atoms with Crippen molar-refractivity contribution in [3.8, 4) is 0 Å². The fourth-order valence-electron chi connectivity index (χ4n) is 4.22. The average molecular weight is 535 g/mol. The molecular weight excluding hydrogens is 504 g/mol. The van der Waals surface area contributed by atoms with Crippen molar-refractivity contribution in [3.63, 3.8) is 0 Å². The third-order valence-electron chi connectivity index (χ3n) is 6.08. The Hall–Kier alpha value is -2.39. The number of amides is 5. The van der Waals surface area contributed by atoms with E-state index in [1.807, 2.05) is 11.8 Å². The Morgan fingerprint density at radius 1 is 1.09 bits per heavy atom. The summed E-state index contributed by atoms with van der Waals surface area (Å²) in [6.45, 7) is 0.451. The van der Waals surface area contributed by atoms with Gasteiger partial charge in [0.2, 0.25) is 5.91 Å². The van der Waals surface area contributed by atoms with Crippen LogP contribution in [0.1, 0.15) is 57.8 Å². The number of nitrogens with zero attached hydrogens (tertiary/aromatic N) is 1. The highest BCUT2D eigenvalue weighted by atomic mass is 32.2. The summed E-state index contributed by atoms with van der Waals surface area (Å²) >= 11 is 1.85. The molecule has 3 heterocycles. The standard InChI is InChI=1S/C20H30N4O9S2/c25-15(7-4-3-6-13-18-12(11-34-13)22-20(29)23-18)21-9-5-1-2-8-17(27)33-24-16(26)10-14(19(24)28)35(30,31)32/h12-14,18H,1-11H2,(H,21,25)(H2,22,23,29)(H,30,31,32)/t12-,13-,14+,18+/m0/s1. The highest BCUT2D eigenvalue weighted by molar-refractivity contribution is 8.00. The van der Waals surface area contributed by atoms with E-state index in [4.69, 9.17) is 4.55 Å². The van der Waals surface area contributed by atoms with Gasteiger partial charge >= 0.3 is 12.0 Å². The Bertz CT molecular complexity index is 958. The van der Waals surface area contributed by atoms with Gasteiger partial charge in [0.25, 0.3) is 21.9 Å². The summed E-state index contributed by atoms with van der Waals surface area (Å²) in [4.78, 5) is 63.3. The Labute approximate surface area is 207 Å². The minimum Gasteiger partial charge on any atom is -0.356 e. The molecule has 3 rings (SSSR count). The number of hydrogen-bond acceptors (Lipinski definition) is 9. The zero-order valence-electron chi connectivity index (χ0n) is 19.1. The number of fused-ring (bicyclic) bond motifs is 1. The molecule has 5 amide bonds. The minimum atomic E-state index is -4.76. The van der Waals surface area contributed by atoms with E-state index in [1.54, 1.807) is 0 Å². The number of unbranched alkanes of at least 4 members (excludes halogenated alkanes) is 3. The van der Waals surface area contributed by atoms with E-state index in [9.17, 15) is 32.4 Å². The Morgan fingerprint density at radius 2 is 1.83 bits per heavy atom. The van der Waals surface area contributed by atoms with Crippen molar-refractivity contribution in [1.29, 1.82) is 0 Å². The first kappa shape index (κ1) is 27.2. The number of urea groups is 1. The second-order valence-electron chi connectivity index (χ2n) is 8.73. The average Bonchev–Trinajstić information content (AvgIpc) is 3.41. The summed E-state index contributed by atoms with van der Waals surface area (Å²) < 4.78 is 31.1. The third kappa shape index (κ3) is 7.54. The van der Waals surface area contributed by atoms with E-state index in [2.05, 4.69) is 20.8 Å². The first-order valence-corrected chi connectivity index (χ1v) is 14.1. The molecule has 3 saturated heterocycles. The molecule has 4 N–H and O–H groups in total. The predicted octanol–water partition coefficient (Wildman–Crippen LogP) is -0.138. The van der Waals surface area contributed by atoms with Gasteiger partial charge in [-0.15, -0.1) is 5.06 Å². The van der Waals surface area contributed by atoms with E-state index >= 15 is 0 Å². The van der Waals surface area contributed by atoms with Gasteiger partial charge in [0.15, 0.2) is 5.25 Å². The zero-order chi connectivity index (χ0) is 25.6. The van der Waals surface area contributed by atoms with Gasteiger partial charge in [0, 0.05) is 30.4 Å². The largest absolute Gasteiger partial charge is 0.356 e. The van der Waals surface area contributed by atoms with Crippen LogP contribution < -0.4 is 16.0 Å². The van der Waals surface area contributed by atoms with Crippen molar-refractivity contribution < 1.29 is 41.8 Å². The first-order valence-electron chi connectivity index (χ1n) is 11.6. The maximum absolute atomic E-state index is 12.0. The maximum atomic E-state index is 12.0. The van der Waals surface area contributed by atoms with Gasteiger partial charge < -0.3 is 20.8 Å². The third-order valence-corrected chi connectivity index (χ3v) is 8.67. The lowest BCUT2D eigenvalue weighted by Crippen LogP contribution is -2.36.